The lowest BCUT2D eigenvalue weighted by Gasteiger charge is -2.23. The predicted molar refractivity (Wildman–Crippen MR) is 92.0 cm³/mol. The van der Waals surface area contributed by atoms with Crippen molar-refractivity contribution < 1.29 is 0 Å². The van der Waals surface area contributed by atoms with E-state index in [4.69, 9.17) is 0 Å². The van der Waals surface area contributed by atoms with Crippen LogP contribution in [0.1, 0.15) is 56.3 Å². The van der Waals surface area contributed by atoms with Crippen LogP contribution < -0.4 is 5.32 Å². The quantitative estimate of drug-likeness (QED) is 0.836. The topological polar surface area (TPSA) is 29.9 Å². The second-order valence-electron chi connectivity index (χ2n) is 6.51. The van der Waals surface area contributed by atoms with Crippen LogP contribution in [0.5, 0.6) is 0 Å². The monoisotopic (exact) mass is 297 g/mol. The summed E-state index contributed by atoms with van der Waals surface area (Å²) in [4.78, 5) is 0. The van der Waals surface area contributed by atoms with Crippen LogP contribution in [0.2, 0.25) is 0 Å². The highest BCUT2D eigenvalue weighted by Crippen LogP contribution is 2.35. The normalized spacial score (nSPS) is 16.8. The van der Waals surface area contributed by atoms with Gasteiger partial charge in [-0.1, -0.05) is 62.9 Å². The van der Waals surface area contributed by atoms with Crippen molar-refractivity contribution in [1.82, 2.24) is 9.78 Å². The van der Waals surface area contributed by atoms with Gasteiger partial charge < -0.3 is 5.32 Å². The van der Waals surface area contributed by atoms with Crippen LogP contribution in [0, 0.1) is 5.92 Å². The molecule has 118 valence electrons. The van der Waals surface area contributed by atoms with Crippen LogP contribution in [0.25, 0.3) is 0 Å². The van der Waals surface area contributed by atoms with Gasteiger partial charge in [0.2, 0.25) is 0 Å². The van der Waals surface area contributed by atoms with Gasteiger partial charge >= 0.3 is 0 Å². The van der Waals surface area contributed by atoms with Gasteiger partial charge in [-0.25, -0.2) is 0 Å². The van der Waals surface area contributed by atoms with E-state index >= 15 is 0 Å². The highest BCUT2D eigenvalue weighted by Gasteiger charge is 2.22. The third kappa shape index (κ3) is 3.52. The molecular weight excluding hydrogens is 270 g/mol. The minimum absolute atomic E-state index is 0.388. The first-order valence-corrected chi connectivity index (χ1v) is 8.60. The zero-order valence-electron chi connectivity index (χ0n) is 13.8. The zero-order chi connectivity index (χ0) is 15.4. The number of hydrogen-bond donors (Lipinski definition) is 1. The SMILES string of the molecule is CCc1nn(C)cc1NC(CC1CCCC1)c1ccccc1. The van der Waals surface area contributed by atoms with Gasteiger partial charge in [0.15, 0.2) is 0 Å². The summed E-state index contributed by atoms with van der Waals surface area (Å²) in [6, 6.07) is 11.3. The molecule has 22 heavy (non-hydrogen) atoms. The Balaban J connectivity index is 1.81. The van der Waals surface area contributed by atoms with Gasteiger partial charge in [0.1, 0.15) is 0 Å². The van der Waals surface area contributed by atoms with E-state index in [0.29, 0.717) is 6.04 Å². The third-order valence-corrected chi connectivity index (χ3v) is 4.82. The first kappa shape index (κ1) is 15.1. The van der Waals surface area contributed by atoms with Gasteiger partial charge in [-0.05, 0) is 24.3 Å². The second kappa shape index (κ2) is 6.99. The summed E-state index contributed by atoms with van der Waals surface area (Å²) in [6.45, 7) is 2.17. The molecule has 1 saturated carbocycles. The van der Waals surface area contributed by atoms with Crippen molar-refractivity contribution in [3.05, 3.63) is 47.8 Å². The van der Waals surface area contributed by atoms with E-state index in [0.717, 1.165) is 18.0 Å². The standard InChI is InChI=1S/C19H27N3/c1-3-17-19(14-22(2)21-17)20-18(13-15-9-7-8-10-15)16-11-5-4-6-12-16/h4-6,11-12,14-15,18,20H,3,7-10,13H2,1-2H3. The van der Waals surface area contributed by atoms with E-state index < -0.39 is 0 Å². The number of hydrogen-bond acceptors (Lipinski definition) is 2. The predicted octanol–water partition coefficient (Wildman–Crippen LogP) is 4.72. The Bertz CT molecular complexity index is 582. The summed E-state index contributed by atoms with van der Waals surface area (Å²) in [7, 11) is 2.00. The molecule has 3 rings (SSSR count). The minimum Gasteiger partial charge on any atom is -0.375 e. The van der Waals surface area contributed by atoms with E-state index in [1.807, 2.05) is 11.7 Å². The van der Waals surface area contributed by atoms with Gasteiger partial charge in [0.05, 0.1) is 17.4 Å². The summed E-state index contributed by atoms with van der Waals surface area (Å²) in [5, 5.41) is 8.34. The molecule has 1 heterocycles. The van der Waals surface area contributed by atoms with Crippen molar-refractivity contribution in [2.24, 2.45) is 13.0 Å². The molecule has 1 fully saturated rings. The van der Waals surface area contributed by atoms with E-state index in [2.05, 4.69) is 53.9 Å². The Morgan fingerprint density at radius 2 is 1.95 bits per heavy atom. The molecule has 1 aromatic carbocycles. The maximum atomic E-state index is 4.56. The van der Waals surface area contributed by atoms with E-state index in [1.165, 1.54) is 43.4 Å². The summed E-state index contributed by atoms with van der Waals surface area (Å²) >= 11 is 0. The summed E-state index contributed by atoms with van der Waals surface area (Å²) in [5.74, 6) is 0.861. The molecule has 1 aliphatic carbocycles. The lowest BCUT2D eigenvalue weighted by Crippen LogP contribution is -2.15. The Morgan fingerprint density at radius 3 is 2.64 bits per heavy atom. The van der Waals surface area contributed by atoms with Crippen LogP contribution in [0.4, 0.5) is 5.69 Å². The number of anilines is 1. The maximum absolute atomic E-state index is 4.56. The number of nitrogens with one attached hydrogen (secondary N) is 1. The molecule has 1 unspecified atom stereocenters. The molecule has 0 bridgehead atoms. The number of nitrogens with zero attached hydrogens (tertiary/aromatic N) is 2. The van der Waals surface area contributed by atoms with Crippen molar-refractivity contribution in [2.45, 2.75) is 51.5 Å². The number of aromatic nitrogens is 2. The number of benzene rings is 1. The maximum Gasteiger partial charge on any atom is 0.0853 e. The molecule has 1 aliphatic rings. The molecule has 1 aromatic heterocycles. The first-order valence-electron chi connectivity index (χ1n) is 8.60. The third-order valence-electron chi connectivity index (χ3n) is 4.82. The molecule has 2 aromatic rings. The average molecular weight is 297 g/mol. The fourth-order valence-electron chi connectivity index (χ4n) is 3.65. The Hall–Kier alpha value is -1.77. The molecule has 0 aliphatic heterocycles. The van der Waals surface area contributed by atoms with E-state index in [-0.39, 0.29) is 0 Å². The fourth-order valence-corrected chi connectivity index (χ4v) is 3.65. The number of aryl methyl sites for hydroxylation is 2. The summed E-state index contributed by atoms with van der Waals surface area (Å²) < 4.78 is 1.92. The molecule has 3 heteroatoms. The van der Waals surface area contributed by atoms with E-state index in [9.17, 15) is 0 Å². The van der Waals surface area contributed by atoms with Gasteiger partial charge in [0.25, 0.3) is 0 Å². The highest BCUT2D eigenvalue weighted by molar-refractivity contribution is 5.48. The highest BCUT2D eigenvalue weighted by atomic mass is 15.3. The largest absolute Gasteiger partial charge is 0.375 e. The molecule has 0 radical (unpaired) electrons. The summed E-state index contributed by atoms with van der Waals surface area (Å²) in [6.07, 6.45) is 9.88. The molecule has 0 amide bonds. The van der Waals surface area contributed by atoms with Crippen LogP contribution in [0.15, 0.2) is 36.5 Å². The smallest absolute Gasteiger partial charge is 0.0853 e. The lowest BCUT2D eigenvalue weighted by atomic mass is 9.93. The van der Waals surface area contributed by atoms with Gasteiger partial charge in [-0.15, -0.1) is 0 Å². The van der Waals surface area contributed by atoms with Crippen LogP contribution >= 0.6 is 0 Å². The van der Waals surface area contributed by atoms with Gasteiger partial charge in [-0.2, -0.15) is 5.10 Å². The Kier molecular flexibility index (Phi) is 4.81. The van der Waals surface area contributed by atoms with E-state index in [1.54, 1.807) is 0 Å². The molecule has 0 spiro atoms. The van der Waals surface area contributed by atoms with Gasteiger partial charge in [-0.3, -0.25) is 4.68 Å². The van der Waals surface area contributed by atoms with Crippen molar-refractivity contribution in [3.63, 3.8) is 0 Å². The molecule has 3 nitrogen and oxygen atoms in total. The fraction of sp³-hybridized carbons (Fsp3) is 0.526. The molecular formula is C19H27N3. The number of rotatable bonds is 6. The second-order valence-corrected chi connectivity index (χ2v) is 6.51. The van der Waals surface area contributed by atoms with Crippen LogP contribution in [-0.2, 0) is 13.5 Å². The summed E-state index contributed by atoms with van der Waals surface area (Å²) in [5.41, 5.74) is 3.74. The Labute approximate surface area is 133 Å². The molecule has 1 N–H and O–H groups in total. The van der Waals surface area contributed by atoms with Gasteiger partial charge in [0, 0.05) is 13.2 Å². The Morgan fingerprint density at radius 1 is 1.23 bits per heavy atom. The first-order chi connectivity index (χ1) is 10.8. The van der Waals surface area contributed by atoms with Crippen LogP contribution in [-0.4, -0.2) is 9.78 Å². The lowest BCUT2D eigenvalue weighted by molar-refractivity contribution is 0.465. The minimum atomic E-state index is 0.388. The van der Waals surface area contributed by atoms with Crippen molar-refractivity contribution in [2.75, 3.05) is 5.32 Å². The van der Waals surface area contributed by atoms with Crippen molar-refractivity contribution >= 4 is 5.69 Å². The van der Waals surface area contributed by atoms with Crippen molar-refractivity contribution in [3.8, 4) is 0 Å². The zero-order valence-corrected chi connectivity index (χ0v) is 13.8. The average Bonchev–Trinajstić information content (AvgIpc) is 3.17. The molecule has 0 saturated heterocycles. The van der Waals surface area contributed by atoms with Crippen LogP contribution in [0.3, 0.4) is 0 Å². The molecule has 1 atom stereocenters. The van der Waals surface area contributed by atoms with Crippen molar-refractivity contribution in [1.29, 1.82) is 0 Å².